The van der Waals surface area contributed by atoms with Gasteiger partial charge < -0.3 is 9.84 Å². The minimum Gasteiger partial charge on any atom is -0.494 e. The molecule has 3 rings (SSSR count). The Kier molecular flexibility index (Phi) is 4.96. The van der Waals surface area contributed by atoms with Gasteiger partial charge in [0.2, 0.25) is 0 Å². The molecule has 2 aromatic rings. The van der Waals surface area contributed by atoms with Crippen LogP contribution < -0.4 is 10.4 Å². The average molecular weight is 384 g/mol. The van der Waals surface area contributed by atoms with Gasteiger partial charge in [-0.25, -0.2) is 9.78 Å². The van der Waals surface area contributed by atoms with E-state index in [0.717, 1.165) is 16.8 Å². The zero-order valence-corrected chi connectivity index (χ0v) is 15.5. The highest BCUT2D eigenvalue weighted by Gasteiger charge is 2.42. The van der Waals surface area contributed by atoms with E-state index >= 15 is 0 Å². The molecule has 1 aromatic carbocycles. The lowest BCUT2D eigenvalue weighted by molar-refractivity contribution is -0.136. The zero-order chi connectivity index (χ0) is 20.0. The molecule has 1 fully saturated rings. The number of ether oxygens (including phenoxy) is 1. The van der Waals surface area contributed by atoms with Crippen molar-refractivity contribution in [2.75, 3.05) is 6.61 Å². The van der Waals surface area contributed by atoms with Crippen molar-refractivity contribution >= 4 is 10.9 Å². The Balaban J connectivity index is 2.11. The summed E-state index contributed by atoms with van der Waals surface area (Å²) >= 11 is 0. The number of rotatable bonds is 5. The smallest absolute Gasteiger partial charge is 0.418 e. The Morgan fingerprint density at radius 2 is 2.04 bits per heavy atom. The molecule has 1 heterocycles. The number of benzene rings is 1. The van der Waals surface area contributed by atoms with E-state index in [9.17, 15) is 23.1 Å². The second-order valence-corrected chi connectivity index (χ2v) is 7.91. The van der Waals surface area contributed by atoms with E-state index in [1.807, 2.05) is 13.8 Å². The Bertz CT molecular complexity index is 895. The number of nitrogens with zero attached hydrogens (tertiary/aromatic N) is 2. The van der Waals surface area contributed by atoms with E-state index in [1.54, 1.807) is 6.92 Å². The van der Waals surface area contributed by atoms with Gasteiger partial charge in [0, 0.05) is 17.6 Å². The predicted octanol–water partition coefficient (Wildman–Crippen LogP) is 3.93. The van der Waals surface area contributed by atoms with Crippen LogP contribution in [0, 0.1) is 5.92 Å². The predicted molar refractivity (Wildman–Crippen MR) is 94.8 cm³/mol. The highest BCUT2D eigenvalue weighted by atomic mass is 19.4. The molecule has 5 nitrogen and oxygen atoms in total. The highest BCUT2D eigenvalue weighted by Crippen LogP contribution is 2.44. The first kappa shape index (κ1) is 19.7. The fourth-order valence-corrected chi connectivity index (χ4v) is 3.47. The first-order chi connectivity index (χ1) is 12.5. The fraction of sp³-hybridized carbons (Fsp3) is 0.579. The van der Waals surface area contributed by atoms with Gasteiger partial charge in [0.25, 0.3) is 0 Å². The average Bonchev–Trinajstić information content (AvgIpc) is 2.51. The van der Waals surface area contributed by atoms with Crippen molar-refractivity contribution in [2.45, 2.75) is 57.9 Å². The molecule has 1 aliphatic rings. The third-order valence-corrected chi connectivity index (χ3v) is 4.86. The van der Waals surface area contributed by atoms with Crippen LogP contribution in [-0.2, 0) is 6.18 Å². The second-order valence-electron chi connectivity index (χ2n) is 7.91. The molecule has 27 heavy (non-hydrogen) atoms. The summed E-state index contributed by atoms with van der Waals surface area (Å²) in [6.07, 6.45) is -2.38. The quantitative estimate of drug-likeness (QED) is 0.849. The first-order valence-corrected chi connectivity index (χ1v) is 8.95. The van der Waals surface area contributed by atoms with Gasteiger partial charge in [-0.1, -0.05) is 13.8 Å². The molecule has 0 saturated heterocycles. The summed E-state index contributed by atoms with van der Waals surface area (Å²) in [5, 5.41) is 10.1. The van der Waals surface area contributed by atoms with E-state index in [0.29, 0.717) is 18.9 Å². The fourth-order valence-electron chi connectivity index (χ4n) is 3.47. The number of aromatic nitrogens is 2. The molecule has 1 aromatic heterocycles. The van der Waals surface area contributed by atoms with Crippen LogP contribution in [-0.4, -0.2) is 26.9 Å². The molecule has 0 amide bonds. The third kappa shape index (κ3) is 4.10. The lowest BCUT2D eigenvalue weighted by atomic mass is 9.77. The van der Waals surface area contributed by atoms with Gasteiger partial charge in [0.15, 0.2) is 0 Å². The third-order valence-electron chi connectivity index (χ3n) is 4.86. The molecular weight excluding hydrogens is 361 g/mol. The Hall–Kier alpha value is -2.09. The van der Waals surface area contributed by atoms with Crippen LogP contribution in [0.15, 0.2) is 23.1 Å². The van der Waals surface area contributed by atoms with E-state index < -0.39 is 29.1 Å². The molecule has 0 unspecified atom stereocenters. The van der Waals surface area contributed by atoms with Crippen LogP contribution in [0.1, 0.15) is 51.6 Å². The van der Waals surface area contributed by atoms with Gasteiger partial charge in [0.1, 0.15) is 5.75 Å². The van der Waals surface area contributed by atoms with E-state index in [-0.39, 0.29) is 29.5 Å². The SMILES string of the molecule is CC(C)CCOc1cc(C(F)(F)F)c2c(cnc(=O)n2C2CC(C)(O)C2)c1. The summed E-state index contributed by atoms with van der Waals surface area (Å²) in [6.45, 7) is 5.90. The summed E-state index contributed by atoms with van der Waals surface area (Å²) in [7, 11) is 0. The topological polar surface area (TPSA) is 64.3 Å². The highest BCUT2D eigenvalue weighted by molar-refractivity contribution is 5.84. The molecule has 0 aliphatic heterocycles. The molecule has 8 heteroatoms. The number of fused-ring (bicyclic) bond motifs is 1. The summed E-state index contributed by atoms with van der Waals surface area (Å²) in [6, 6.07) is 1.90. The van der Waals surface area contributed by atoms with Crippen molar-refractivity contribution < 1.29 is 23.0 Å². The minimum absolute atomic E-state index is 0.100. The number of alkyl halides is 3. The maximum Gasteiger partial charge on any atom is 0.418 e. The van der Waals surface area contributed by atoms with Crippen LogP contribution in [0.2, 0.25) is 0 Å². The van der Waals surface area contributed by atoms with Gasteiger partial charge >= 0.3 is 11.9 Å². The summed E-state index contributed by atoms with van der Waals surface area (Å²) in [4.78, 5) is 16.0. The molecule has 0 atom stereocenters. The minimum atomic E-state index is -4.66. The van der Waals surface area contributed by atoms with Gasteiger partial charge in [-0.2, -0.15) is 13.2 Å². The molecule has 1 saturated carbocycles. The summed E-state index contributed by atoms with van der Waals surface area (Å²) in [5.74, 6) is 0.467. The van der Waals surface area contributed by atoms with Crippen LogP contribution in [0.4, 0.5) is 13.2 Å². The molecule has 1 N–H and O–H groups in total. The maximum absolute atomic E-state index is 13.8. The van der Waals surface area contributed by atoms with Crippen LogP contribution in [0.5, 0.6) is 5.75 Å². The van der Waals surface area contributed by atoms with Gasteiger partial charge in [-0.05, 0) is 44.2 Å². The lowest BCUT2D eigenvalue weighted by Crippen LogP contribution is -2.45. The second kappa shape index (κ2) is 6.82. The molecule has 1 aliphatic carbocycles. The Labute approximate surface area is 154 Å². The van der Waals surface area contributed by atoms with Crippen LogP contribution in [0.3, 0.4) is 0 Å². The van der Waals surface area contributed by atoms with Crippen molar-refractivity contribution in [3.05, 3.63) is 34.4 Å². The zero-order valence-electron chi connectivity index (χ0n) is 15.5. The molecular formula is C19H23F3N2O3. The molecule has 0 radical (unpaired) electrons. The van der Waals surface area contributed by atoms with E-state index in [2.05, 4.69) is 4.98 Å². The normalized spacial score (nSPS) is 22.9. The molecule has 0 spiro atoms. The Morgan fingerprint density at radius 1 is 1.37 bits per heavy atom. The number of hydrogen-bond acceptors (Lipinski definition) is 4. The summed E-state index contributed by atoms with van der Waals surface area (Å²) < 4.78 is 47.8. The van der Waals surface area contributed by atoms with E-state index in [1.165, 1.54) is 6.07 Å². The van der Waals surface area contributed by atoms with Gasteiger partial charge in [-0.15, -0.1) is 0 Å². The summed E-state index contributed by atoms with van der Waals surface area (Å²) in [5.41, 5.74) is -2.86. The van der Waals surface area contributed by atoms with Crippen LogP contribution in [0.25, 0.3) is 10.9 Å². The Morgan fingerprint density at radius 3 is 2.59 bits per heavy atom. The number of halogens is 3. The monoisotopic (exact) mass is 384 g/mol. The van der Waals surface area contributed by atoms with Crippen molar-refractivity contribution in [1.29, 1.82) is 0 Å². The largest absolute Gasteiger partial charge is 0.494 e. The number of hydrogen-bond donors (Lipinski definition) is 1. The van der Waals surface area contributed by atoms with Crippen molar-refractivity contribution in [2.24, 2.45) is 5.92 Å². The van der Waals surface area contributed by atoms with Crippen LogP contribution >= 0.6 is 0 Å². The van der Waals surface area contributed by atoms with Gasteiger partial charge in [-0.3, -0.25) is 4.57 Å². The number of aliphatic hydroxyl groups is 1. The molecule has 0 bridgehead atoms. The maximum atomic E-state index is 13.8. The van der Waals surface area contributed by atoms with Crippen molar-refractivity contribution in [3.8, 4) is 5.75 Å². The van der Waals surface area contributed by atoms with Crippen molar-refractivity contribution in [3.63, 3.8) is 0 Å². The standard InChI is InChI=1S/C19H23F3N2O3/c1-11(2)4-5-27-14-6-12-10-23-17(25)24(13-8-18(3,26)9-13)16(12)15(7-14)19(20,21)22/h6-7,10-11,13,26H,4-5,8-9H2,1-3H3. The molecule has 148 valence electrons. The lowest BCUT2D eigenvalue weighted by Gasteiger charge is -2.42. The van der Waals surface area contributed by atoms with Gasteiger partial charge in [0.05, 0.1) is 23.3 Å². The first-order valence-electron chi connectivity index (χ1n) is 8.95. The van der Waals surface area contributed by atoms with Crippen molar-refractivity contribution in [1.82, 2.24) is 9.55 Å². The van der Waals surface area contributed by atoms with E-state index in [4.69, 9.17) is 4.74 Å².